The summed E-state index contributed by atoms with van der Waals surface area (Å²) < 4.78 is 5.76. The molecule has 0 amide bonds. The lowest BCUT2D eigenvalue weighted by Crippen LogP contribution is -1.98. The van der Waals surface area contributed by atoms with Gasteiger partial charge in [-0.25, -0.2) is 0 Å². The number of benzene rings is 1. The zero-order chi connectivity index (χ0) is 15.2. The van der Waals surface area contributed by atoms with Crippen molar-refractivity contribution >= 4 is 0 Å². The smallest absolute Gasteiger partial charge is 0.0728 e. The lowest BCUT2D eigenvalue weighted by atomic mass is 10.1. The first-order valence-corrected chi connectivity index (χ1v) is 8.14. The Labute approximate surface area is 129 Å². The molecule has 21 heavy (non-hydrogen) atoms. The number of ether oxygens (including phenoxy) is 1. The molecule has 1 N–H and O–H groups in total. The average Bonchev–Trinajstić information content (AvgIpc) is 2.51. The molecule has 0 spiro atoms. The molecule has 2 heteroatoms. The maximum atomic E-state index is 8.76. The summed E-state index contributed by atoms with van der Waals surface area (Å²) in [7, 11) is 0. The molecule has 0 unspecified atom stereocenters. The van der Waals surface area contributed by atoms with Crippen LogP contribution < -0.4 is 0 Å². The van der Waals surface area contributed by atoms with Gasteiger partial charge in [-0.2, -0.15) is 0 Å². The van der Waals surface area contributed by atoms with E-state index in [0.29, 0.717) is 13.0 Å². The molecular formula is C19H28O2. The van der Waals surface area contributed by atoms with Crippen LogP contribution in [0.4, 0.5) is 0 Å². The molecule has 1 aromatic rings. The molecule has 0 heterocycles. The molecule has 1 rings (SSSR count). The van der Waals surface area contributed by atoms with E-state index < -0.39 is 0 Å². The molecule has 0 radical (unpaired) electrons. The Morgan fingerprint density at radius 1 is 1.05 bits per heavy atom. The molecular weight excluding hydrogens is 260 g/mol. The van der Waals surface area contributed by atoms with Crippen molar-refractivity contribution in [1.82, 2.24) is 0 Å². The van der Waals surface area contributed by atoms with E-state index in [1.165, 1.54) is 32.1 Å². The van der Waals surface area contributed by atoms with Gasteiger partial charge in [-0.1, -0.05) is 69.1 Å². The van der Waals surface area contributed by atoms with Gasteiger partial charge in [0, 0.05) is 18.6 Å². The molecule has 0 saturated heterocycles. The first-order chi connectivity index (χ1) is 10.4. The second-order valence-corrected chi connectivity index (χ2v) is 5.25. The molecule has 0 fully saturated rings. The predicted octanol–water partition coefficient (Wildman–Crippen LogP) is 4.30. The van der Waals surface area contributed by atoms with Crippen molar-refractivity contribution in [3.63, 3.8) is 0 Å². The molecule has 0 saturated carbocycles. The van der Waals surface area contributed by atoms with Gasteiger partial charge in [-0.3, -0.25) is 0 Å². The van der Waals surface area contributed by atoms with Crippen molar-refractivity contribution in [1.29, 1.82) is 0 Å². The largest absolute Gasteiger partial charge is 0.395 e. The van der Waals surface area contributed by atoms with E-state index in [2.05, 4.69) is 24.8 Å². The fraction of sp³-hybridized carbons (Fsp3) is 0.579. The van der Waals surface area contributed by atoms with Crippen LogP contribution in [-0.4, -0.2) is 18.3 Å². The van der Waals surface area contributed by atoms with Crippen molar-refractivity contribution in [2.75, 3.05) is 13.2 Å². The van der Waals surface area contributed by atoms with Crippen LogP contribution >= 0.6 is 0 Å². The van der Waals surface area contributed by atoms with Gasteiger partial charge in [0.25, 0.3) is 0 Å². The van der Waals surface area contributed by atoms with Gasteiger partial charge < -0.3 is 9.84 Å². The number of unbranched alkanes of at least 4 members (excludes halogenated alkanes) is 5. The summed E-state index contributed by atoms with van der Waals surface area (Å²) in [5, 5.41) is 8.76. The number of hydrogen-bond donors (Lipinski definition) is 1. The number of aliphatic hydroxyl groups is 1. The Bertz CT molecular complexity index is 429. The minimum Gasteiger partial charge on any atom is -0.395 e. The maximum absolute atomic E-state index is 8.76. The third-order valence-electron chi connectivity index (χ3n) is 3.38. The molecule has 0 aliphatic carbocycles. The van der Waals surface area contributed by atoms with E-state index >= 15 is 0 Å². The zero-order valence-electron chi connectivity index (χ0n) is 13.2. The van der Waals surface area contributed by atoms with E-state index in [0.717, 1.165) is 24.2 Å². The maximum Gasteiger partial charge on any atom is 0.0728 e. The lowest BCUT2D eigenvalue weighted by Gasteiger charge is -2.06. The minimum absolute atomic E-state index is 0.115. The van der Waals surface area contributed by atoms with Gasteiger partial charge in [-0.15, -0.1) is 0 Å². The quantitative estimate of drug-likeness (QED) is 0.514. The molecule has 0 atom stereocenters. The van der Waals surface area contributed by atoms with Crippen LogP contribution in [0.2, 0.25) is 0 Å². The van der Waals surface area contributed by atoms with Crippen molar-refractivity contribution in [3.8, 4) is 11.8 Å². The molecule has 1 aromatic carbocycles. The number of rotatable bonds is 10. The first-order valence-electron chi connectivity index (χ1n) is 8.14. The van der Waals surface area contributed by atoms with Gasteiger partial charge in [0.15, 0.2) is 0 Å². The van der Waals surface area contributed by atoms with E-state index in [1.54, 1.807) is 0 Å². The Morgan fingerprint density at radius 3 is 2.62 bits per heavy atom. The number of hydrogen-bond acceptors (Lipinski definition) is 2. The summed E-state index contributed by atoms with van der Waals surface area (Å²) in [5.74, 6) is 6.07. The number of aliphatic hydroxyl groups excluding tert-OH is 1. The first kappa shape index (κ1) is 17.8. The Hall–Kier alpha value is -1.30. The van der Waals surface area contributed by atoms with Crippen molar-refractivity contribution in [3.05, 3.63) is 35.4 Å². The highest BCUT2D eigenvalue weighted by molar-refractivity contribution is 5.40. The van der Waals surface area contributed by atoms with Crippen molar-refractivity contribution in [2.45, 2.75) is 58.5 Å². The predicted molar refractivity (Wildman–Crippen MR) is 88.1 cm³/mol. The Kier molecular flexibility index (Phi) is 10.5. The van der Waals surface area contributed by atoms with Crippen LogP contribution in [0.1, 0.15) is 63.0 Å². The Balaban J connectivity index is 2.24. The van der Waals surface area contributed by atoms with Crippen molar-refractivity contribution in [2.24, 2.45) is 0 Å². The summed E-state index contributed by atoms with van der Waals surface area (Å²) in [6.45, 7) is 3.80. The second-order valence-electron chi connectivity index (χ2n) is 5.25. The molecule has 0 bridgehead atoms. The minimum atomic E-state index is 0.115. The van der Waals surface area contributed by atoms with Gasteiger partial charge in [0.05, 0.1) is 13.2 Å². The van der Waals surface area contributed by atoms with Gasteiger partial charge in [-0.05, 0) is 18.1 Å². The van der Waals surface area contributed by atoms with E-state index in [-0.39, 0.29) is 6.61 Å². The fourth-order valence-electron chi connectivity index (χ4n) is 2.15. The SMILES string of the molecule is CCCCCCCCOCc1ccccc1C#CCCO. The van der Waals surface area contributed by atoms with Crippen LogP contribution in [0.15, 0.2) is 24.3 Å². The highest BCUT2D eigenvalue weighted by atomic mass is 16.5. The molecule has 2 nitrogen and oxygen atoms in total. The highest BCUT2D eigenvalue weighted by Gasteiger charge is 1.99. The lowest BCUT2D eigenvalue weighted by molar-refractivity contribution is 0.116. The standard InChI is InChI=1S/C19H28O2/c1-2-3-4-5-6-11-16-21-17-19-14-8-7-12-18(19)13-9-10-15-20/h7-8,12,14,20H,2-6,10-11,15-17H2,1H3. The van der Waals surface area contributed by atoms with Gasteiger partial charge >= 0.3 is 0 Å². The topological polar surface area (TPSA) is 29.5 Å². The summed E-state index contributed by atoms with van der Waals surface area (Å²) in [6.07, 6.45) is 8.23. The van der Waals surface area contributed by atoms with E-state index in [4.69, 9.17) is 9.84 Å². The third-order valence-corrected chi connectivity index (χ3v) is 3.38. The molecule has 0 aromatic heterocycles. The van der Waals surface area contributed by atoms with Crippen LogP contribution in [-0.2, 0) is 11.3 Å². The van der Waals surface area contributed by atoms with Crippen LogP contribution in [0.5, 0.6) is 0 Å². The normalized spacial score (nSPS) is 10.2. The Morgan fingerprint density at radius 2 is 1.81 bits per heavy atom. The molecule has 0 aliphatic heterocycles. The summed E-state index contributed by atoms with van der Waals surface area (Å²) in [5.41, 5.74) is 2.14. The summed E-state index contributed by atoms with van der Waals surface area (Å²) in [6, 6.07) is 8.07. The monoisotopic (exact) mass is 288 g/mol. The average molecular weight is 288 g/mol. The molecule has 0 aliphatic rings. The van der Waals surface area contributed by atoms with Gasteiger partial charge in [0.2, 0.25) is 0 Å². The zero-order valence-corrected chi connectivity index (χ0v) is 13.2. The third kappa shape index (κ3) is 8.55. The fourth-order valence-corrected chi connectivity index (χ4v) is 2.15. The van der Waals surface area contributed by atoms with Crippen LogP contribution in [0.25, 0.3) is 0 Å². The van der Waals surface area contributed by atoms with Crippen molar-refractivity contribution < 1.29 is 9.84 Å². The highest BCUT2D eigenvalue weighted by Crippen LogP contribution is 2.10. The molecule has 116 valence electrons. The van der Waals surface area contributed by atoms with E-state index in [1.807, 2.05) is 18.2 Å². The van der Waals surface area contributed by atoms with Crippen LogP contribution in [0.3, 0.4) is 0 Å². The summed E-state index contributed by atoms with van der Waals surface area (Å²) >= 11 is 0. The van der Waals surface area contributed by atoms with Gasteiger partial charge in [0.1, 0.15) is 0 Å². The van der Waals surface area contributed by atoms with Crippen LogP contribution in [0, 0.1) is 11.8 Å². The summed E-state index contributed by atoms with van der Waals surface area (Å²) in [4.78, 5) is 0. The second kappa shape index (κ2) is 12.4. The van der Waals surface area contributed by atoms with E-state index in [9.17, 15) is 0 Å².